The summed E-state index contributed by atoms with van der Waals surface area (Å²) in [6, 6.07) is 5.93. The number of aliphatic hydroxyl groups is 1. The molecule has 1 amide bonds. The van der Waals surface area contributed by atoms with Crippen molar-refractivity contribution in [2.45, 2.75) is 44.3 Å². The van der Waals surface area contributed by atoms with Crippen LogP contribution in [-0.2, 0) is 4.79 Å². The van der Waals surface area contributed by atoms with Gasteiger partial charge in [-0.2, -0.15) is 4.99 Å². The second-order valence-electron chi connectivity index (χ2n) is 9.24. The minimum Gasteiger partial charge on any atom is -0.495 e. The number of aryl methyl sites for hydroxylation is 1. The number of alkyl halides is 1. The van der Waals surface area contributed by atoms with Crippen LogP contribution >= 0.6 is 0 Å². The van der Waals surface area contributed by atoms with Crippen LogP contribution in [0.5, 0.6) is 5.75 Å². The van der Waals surface area contributed by atoms with E-state index in [9.17, 15) is 14.3 Å². The van der Waals surface area contributed by atoms with Crippen LogP contribution in [-0.4, -0.2) is 63.3 Å². The number of methoxy groups -OCH3 is 1. The minimum absolute atomic E-state index is 0.0697. The summed E-state index contributed by atoms with van der Waals surface area (Å²) in [5, 5.41) is 10.5. The van der Waals surface area contributed by atoms with E-state index < -0.39 is 11.7 Å². The van der Waals surface area contributed by atoms with Gasteiger partial charge in [0.05, 0.1) is 43.4 Å². The Morgan fingerprint density at radius 1 is 1.37 bits per heavy atom. The number of allylic oxidation sites excluding steroid dienone is 2. The van der Waals surface area contributed by atoms with Gasteiger partial charge >= 0.3 is 0 Å². The molecule has 2 atom stereocenters. The Bertz CT molecular complexity index is 1270. The maximum atomic E-state index is 13.7. The third-order valence-electron chi connectivity index (χ3n) is 6.94. The third kappa shape index (κ3) is 4.23. The van der Waals surface area contributed by atoms with Gasteiger partial charge in [0.1, 0.15) is 17.8 Å². The van der Waals surface area contributed by atoms with Crippen molar-refractivity contribution in [2.24, 2.45) is 4.99 Å². The standard InChI is InChI=1S/C27H29FN4O3/c1-18-15-31(17-29-18)23-10-5-19(13-24(23)35-2)12-20-4-3-11-32-26(20)30-25(34)14-27(32,16-33)21-6-8-22(28)9-7-21/h5-8,10,12-13,15,17,22,33H,3-4,9,11,14,16H2,1-2H3/b20-12+. The van der Waals surface area contributed by atoms with Crippen molar-refractivity contribution in [3.8, 4) is 11.4 Å². The Labute approximate surface area is 203 Å². The third-order valence-corrected chi connectivity index (χ3v) is 6.94. The molecular weight excluding hydrogens is 447 g/mol. The number of piperidine rings is 1. The molecule has 0 spiro atoms. The van der Waals surface area contributed by atoms with Gasteiger partial charge in [-0.1, -0.05) is 24.3 Å². The lowest BCUT2D eigenvalue weighted by Crippen LogP contribution is -2.61. The topological polar surface area (TPSA) is 80.0 Å². The summed E-state index contributed by atoms with van der Waals surface area (Å²) in [5.41, 5.74) is 3.50. The number of fused-ring (bicyclic) bond motifs is 1. The monoisotopic (exact) mass is 476 g/mol. The first-order valence-electron chi connectivity index (χ1n) is 11.9. The number of nitrogens with zero attached hydrogens (tertiary/aromatic N) is 4. The Hall–Kier alpha value is -3.52. The highest BCUT2D eigenvalue weighted by atomic mass is 19.1. The van der Waals surface area contributed by atoms with Crippen LogP contribution in [0.4, 0.5) is 4.39 Å². The molecule has 1 saturated heterocycles. The summed E-state index contributed by atoms with van der Waals surface area (Å²) >= 11 is 0. The number of aliphatic hydroxyl groups excluding tert-OH is 1. The molecule has 5 rings (SSSR count). The Morgan fingerprint density at radius 3 is 2.91 bits per heavy atom. The van der Waals surface area contributed by atoms with Gasteiger partial charge in [-0.05, 0) is 54.7 Å². The predicted molar refractivity (Wildman–Crippen MR) is 132 cm³/mol. The predicted octanol–water partition coefficient (Wildman–Crippen LogP) is 3.95. The largest absolute Gasteiger partial charge is 0.495 e. The van der Waals surface area contributed by atoms with Gasteiger partial charge in [0.15, 0.2) is 0 Å². The van der Waals surface area contributed by atoms with E-state index in [1.807, 2.05) is 46.9 Å². The number of carbonyl (C=O) groups is 1. The first-order valence-corrected chi connectivity index (χ1v) is 11.9. The van der Waals surface area contributed by atoms with E-state index in [4.69, 9.17) is 4.74 Å². The fourth-order valence-electron chi connectivity index (χ4n) is 5.19. The van der Waals surface area contributed by atoms with E-state index >= 15 is 0 Å². The number of hydrogen-bond donors (Lipinski definition) is 1. The van der Waals surface area contributed by atoms with Gasteiger partial charge in [0, 0.05) is 19.2 Å². The molecule has 7 nitrogen and oxygen atoms in total. The fraction of sp³-hybridized carbons (Fsp3) is 0.370. The van der Waals surface area contributed by atoms with E-state index in [0.717, 1.165) is 40.9 Å². The number of halogens is 1. The van der Waals surface area contributed by atoms with Gasteiger partial charge in [-0.15, -0.1) is 0 Å². The van der Waals surface area contributed by atoms with Crippen LogP contribution in [0.2, 0.25) is 0 Å². The summed E-state index contributed by atoms with van der Waals surface area (Å²) in [6.07, 6.45) is 11.6. The van der Waals surface area contributed by atoms with Gasteiger partial charge in [0.2, 0.25) is 5.91 Å². The quantitative estimate of drug-likeness (QED) is 0.707. The molecule has 0 radical (unpaired) electrons. The van der Waals surface area contributed by atoms with E-state index in [2.05, 4.69) is 9.98 Å². The molecule has 1 N–H and O–H groups in total. The number of amidine groups is 1. The van der Waals surface area contributed by atoms with Gasteiger partial charge < -0.3 is 19.3 Å². The number of benzene rings is 1. The summed E-state index contributed by atoms with van der Waals surface area (Å²) in [6.45, 7) is 2.35. The van der Waals surface area contributed by atoms with E-state index in [1.165, 1.54) is 6.08 Å². The number of aliphatic imine (C=N–C) groups is 1. The molecule has 3 aliphatic rings. The molecule has 2 aliphatic heterocycles. The zero-order chi connectivity index (χ0) is 24.6. The van der Waals surface area contributed by atoms with Crippen molar-refractivity contribution in [1.29, 1.82) is 0 Å². The van der Waals surface area contributed by atoms with Crippen LogP contribution in [0, 0.1) is 6.92 Å². The second-order valence-corrected chi connectivity index (χ2v) is 9.24. The smallest absolute Gasteiger partial charge is 0.250 e. The molecule has 35 heavy (non-hydrogen) atoms. The molecule has 182 valence electrons. The average Bonchev–Trinajstić information content (AvgIpc) is 3.30. The van der Waals surface area contributed by atoms with Gasteiger partial charge in [0.25, 0.3) is 0 Å². The maximum Gasteiger partial charge on any atom is 0.250 e. The van der Waals surface area contributed by atoms with Crippen LogP contribution in [0.15, 0.2) is 65.1 Å². The second kappa shape index (κ2) is 9.26. The highest BCUT2D eigenvalue weighted by Crippen LogP contribution is 2.40. The summed E-state index contributed by atoms with van der Waals surface area (Å²) in [5.74, 6) is 1.01. The van der Waals surface area contributed by atoms with Crippen LogP contribution in [0.3, 0.4) is 0 Å². The maximum absolute atomic E-state index is 13.7. The first-order chi connectivity index (χ1) is 16.9. The fourth-order valence-corrected chi connectivity index (χ4v) is 5.19. The van der Waals surface area contributed by atoms with Crippen LogP contribution in [0.25, 0.3) is 11.8 Å². The van der Waals surface area contributed by atoms with Crippen LogP contribution in [0.1, 0.15) is 36.9 Å². The summed E-state index contributed by atoms with van der Waals surface area (Å²) in [7, 11) is 1.63. The Balaban J connectivity index is 1.52. The average molecular weight is 477 g/mol. The zero-order valence-electron chi connectivity index (χ0n) is 19.9. The molecule has 3 heterocycles. The van der Waals surface area contributed by atoms with Crippen LogP contribution < -0.4 is 4.74 Å². The molecule has 2 unspecified atom stereocenters. The summed E-state index contributed by atoms with van der Waals surface area (Å²) < 4.78 is 21.3. The van der Waals surface area contributed by atoms with Gasteiger partial charge in [-0.3, -0.25) is 4.79 Å². The number of aromatic nitrogens is 2. The summed E-state index contributed by atoms with van der Waals surface area (Å²) in [4.78, 5) is 23.5. The lowest BCUT2D eigenvalue weighted by Gasteiger charge is -2.50. The van der Waals surface area contributed by atoms with Gasteiger partial charge in [-0.25, -0.2) is 9.37 Å². The molecule has 1 aliphatic carbocycles. The highest BCUT2D eigenvalue weighted by molar-refractivity contribution is 6.10. The number of carbonyl (C=O) groups excluding carboxylic acids is 1. The molecule has 0 saturated carbocycles. The van der Waals surface area contributed by atoms with Crippen molar-refractivity contribution in [3.05, 3.63) is 71.4 Å². The lowest BCUT2D eigenvalue weighted by atomic mass is 9.78. The molecule has 1 aromatic heterocycles. The van der Waals surface area contributed by atoms with Crippen molar-refractivity contribution < 1.29 is 19.0 Å². The number of hydrogen-bond acceptors (Lipinski definition) is 5. The molecule has 1 aromatic carbocycles. The van der Waals surface area contributed by atoms with Crippen molar-refractivity contribution >= 4 is 17.8 Å². The molecule has 1 fully saturated rings. The zero-order valence-corrected chi connectivity index (χ0v) is 19.9. The highest BCUT2D eigenvalue weighted by Gasteiger charge is 2.47. The van der Waals surface area contributed by atoms with E-state index in [0.29, 0.717) is 18.1 Å². The van der Waals surface area contributed by atoms with Crippen molar-refractivity contribution in [1.82, 2.24) is 14.5 Å². The SMILES string of the molecule is COc1cc(/C=C2\CCCN3C2=NC(=O)CC3(CO)C2=CCC(F)C=C2)ccc1-n1cnc(C)c1. The minimum atomic E-state index is -1.04. The van der Waals surface area contributed by atoms with Crippen molar-refractivity contribution in [3.63, 3.8) is 0 Å². The number of rotatable bonds is 5. The Kier molecular flexibility index (Phi) is 6.15. The number of amides is 1. The molecule has 2 aromatic rings. The van der Waals surface area contributed by atoms with E-state index in [1.54, 1.807) is 25.6 Å². The normalized spacial score (nSPS) is 25.4. The number of ether oxygens (including phenoxy) is 1. The molecule has 8 heteroatoms. The Morgan fingerprint density at radius 2 is 2.23 bits per heavy atom. The lowest BCUT2D eigenvalue weighted by molar-refractivity contribution is -0.121. The molecule has 0 bridgehead atoms. The first kappa shape index (κ1) is 23.2. The number of imidazole rings is 1. The van der Waals surface area contributed by atoms with E-state index in [-0.39, 0.29) is 25.4 Å². The van der Waals surface area contributed by atoms with Crippen molar-refractivity contribution in [2.75, 3.05) is 20.3 Å². The molecular formula is C27H29FN4O3.